The number of thioether (sulfide) groups is 1. The Balaban J connectivity index is 1.70. The Kier molecular flexibility index (Phi) is 9.20. The SMILES string of the molecule is C=CCn1c(SCC(=O)Nc2cc(C)ccc2OC)nnc1[C@H](C)NC(=O)c1ccc(Cl)cc1Cl. The highest BCUT2D eigenvalue weighted by Crippen LogP contribution is 2.27. The number of benzene rings is 2. The zero-order valence-corrected chi connectivity index (χ0v) is 21.8. The van der Waals surface area contributed by atoms with Crippen LogP contribution in [0.25, 0.3) is 0 Å². The lowest BCUT2D eigenvalue weighted by Gasteiger charge is -2.16. The van der Waals surface area contributed by atoms with Crippen molar-refractivity contribution in [1.29, 1.82) is 0 Å². The van der Waals surface area contributed by atoms with Gasteiger partial charge in [-0.05, 0) is 49.7 Å². The Hall–Kier alpha value is -3.01. The number of ether oxygens (including phenoxy) is 1. The number of allylic oxidation sites excluding steroid dienone is 1. The molecule has 0 radical (unpaired) electrons. The van der Waals surface area contributed by atoms with Gasteiger partial charge in [-0.15, -0.1) is 16.8 Å². The standard InChI is InChI=1S/C24H25Cl2N5O3S/c1-5-10-31-22(15(3)27-23(33)17-8-7-16(25)12-18(17)26)29-30-24(31)35-13-21(32)28-19-11-14(2)6-9-20(19)34-4/h5-9,11-12,15H,1,10,13H2,2-4H3,(H,27,33)(H,28,32)/t15-/m0/s1. The van der Waals surface area contributed by atoms with Crippen molar-refractivity contribution in [3.63, 3.8) is 0 Å². The maximum absolute atomic E-state index is 12.7. The van der Waals surface area contributed by atoms with Gasteiger partial charge in [-0.3, -0.25) is 9.59 Å². The van der Waals surface area contributed by atoms with Crippen LogP contribution in [0, 0.1) is 6.92 Å². The molecule has 8 nitrogen and oxygen atoms in total. The van der Waals surface area contributed by atoms with Crippen molar-refractivity contribution < 1.29 is 14.3 Å². The lowest BCUT2D eigenvalue weighted by Crippen LogP contribution is -2.29. The summed E-state index contributed by atoms with van der Waals surface area (Å²) in [6.07, 6.45) is 1.69. The molecule has 2 aromatic carbocycles. The number of nitrogens with one attached hydrogen (secondary N) is 2. The van der Waals surface area contributed by atoms with E-state index in [2.05, 4.69) is 27.4 Å². The summed E-state index contributed by atoms with van der Waals surface area (Å²) in [5, 5.41) is 15.4. The summed E-state index contributed by atoms with van der Waals surface area (Å²) in [5.74, 6) is 0.622. The van der Waals surface area contributed by atoms with E-state index in [-0.39, 0.29) is 22.6 Å². The van der Waals surface area contributed by atoms with E-state index in [9.17, 15) is 9.59 Å². The van der Waals surface area contributed by atoms with Crippen LogP contribution in [-0.4, -0.2) is 39.4 Å². The second kappa shape index (κ2) is 12.1. The number of rotatable bonds is 10. The lowest BCUT2D eigenvalue weighted by molar-refractivity contribution is -0.113. The predicted octanol–water partition coefficient (Wildman–Crippen LogP) is 5.31. The molecule has 0 fully saturated rings. The third-order valence-corrected chi connectivity index (χ3v) is 6.44. The number of methoxy groups -OCH3 is 1. The van der Waals surface area contributed by atoms with E-state index in [1.54, 1.807) is 42.9 Å². The van der Waals surface area contributed by atoms with Gasteiger partial charge in [-0.25, -0.2) is 0 Å². The highest BCUT2D eigenvalue weighted by molar-refractivity contribution is 7.99. The average Bonchev–Trinajstić information content (AvgIpc) is 3.20. The van der Waals surface area contributed by atoms with Gasteiger partial charge in [0.05, 0.1) is 35.2 Å². The van der Waals surface area contributed by atoms with Crippen LogP contribution in [0.3, 0.4) is 0 Å². The summed E-state index contributed by atoms with van der Waals surface area (Å²) in [4.78, 5) is 25.3. The maximum atomic E-state index is 12.7. The van der Waals surface area contributed by atoms with Crippen molar-refractivity contribution in [1.82, 2.24) is 20.1 Å². The van der Waals surface area contributed by atoms with E-state index in [0.29, 0.717) is 39.5 Å². The first-order valence-corrected chi connectivity index (χ1v) is 12.3. The molecule has 0 unspecified atom stereocenters. The van der Waals surface area contributed by atoms with Crippen molar-refractivity contribution in [2.75, 3.05) is 18.2 Å². The molecule has 3 rings (SSSR count). The van der Waals surface area contributed by atoms with Crippen LogP contribution in [0.4, 0.5) is 5.69 Å². The third-order valence-electron chi connectivity index (χ3n) is 4.93. The van der Waals surface area contributed by atoms with E-state index in [1.807, 2.05) is 19.1 Å². The van der Waals surface area contributed by atoms with Crippen LogP contribution in [0.15, 0.2) is 54.2 Å². The van der Waals surface area contributed by atoms with Gasteiger partial charge in [0.25, 0.3) is 5.91 Å². The van der Waals surface area contributed by atoms with Crippen molar-refractivity contribution in [3.8, 4) is 5.75 Å². The zero-order chi connectivity index (χ0) is 25.5. The summed E-state index contributed by atoms with van der Waals surface area (Å²) < 4.78 is 7.11. The van der Waals surface area contributed by atoms with E-state index in [0.717, 1.165) is 5.56 Å². The highest BCUT2D eigenvalue weighted by atomic mass is 35.5. The number of nitrogens with zero attached hydrogens (tertiary/aromatic N) is 3. The first kappa shape index (κ1) is 26.6. The number of amides is 2. The molecule has 0 saturated heterocycles. The normalized spacial score (nSPS) is 11.6. The molecular formula is C24H25Cl2N5O3S. The van der Waals surface area contributed by atoms with Gasteiger partial charge in [0, 0.05) is 11.6 Å². The van der Waals surface area contributed by atoms with Crippen LogP contribution in [-0.2, 0) is 11.3 Å². The number of aryl methyl sites for hydroxylation is 1. The summed E-state index contributed by atoms with van der Waals surface area (Å²) in [5.41, 5.74) is 1.90. The monoisotopic (exact) mass is 533 g/mol. The number of hydrogen-bond donors (Lipinski definition) is 2. The van der Waals surface area contributed by atoms with Gasteiger partial charge >= 0.3 is 0 Å². The molecule has 0 aliphatic rings. The van der Waals surface area contributed by atoms with Crippen LogP contribution in [0.1, 0.15) is 34.7 Å². The molecule has 1 atom stereocenters. The van der Waals surface area contributed by atoms with E-state index in [1.165, 1.54) is 17.8 Å². The molecular weight excluding hydrogens is 509 g/mol. The Morgan fingerprint density at radius 1 is 1.23 bits per heavy atom. The van der Waals surface area contributed by atoms with Gasteiger partial charge in [0.15, 0.2) is 11.0 Å². The van der Waals surface area contributed by atoms with E-state index < -0.39 is 6.04 Å². The number of carbonyl (C=O) groups is 2. The van der Waals surface area contributed by atoms with Crippen LogP contribution in [0.2, 0.25) is 10.0 Å². The number of hydrogen-bond acceptors (Lipinski definition) is 6. The molecule has 1 aromatic heterocycles. The minimum Gasteiger partial charge on any atom is -0.495 e. The molecule has 0 aliphatic heterocycles. The molecule has 184 valence electrons. The van der Waals surface area contributed by atoms with Gasteiger partial charge in [-0.2, -0.15) is 0 Å². The van der Waals surface area contributed by atoms with E-state index in [4.69, 9.17) is 27.9 Å². The predicted molar refractivity (Wildman–Crippen MR) is 140 cm³/mol. The molecule has 2 amide bonds. The second-order valence-electron chi connectivity index (χ2n) is 7.60. The third kappa shape index (κ3) is 6.78. The smallest absolute Gasteiger partial charge is 0.253 e. The number of aromatic nitrogens is 3. The summed E-state index contributed by atoms with van der Waals surface area (Å²) >= 11 is 13.3. The molecule has 2 N–H and O–H groups in total. The molecule has 3 aromatic rings. The highest BCUT2D eigenvalue weighted by Gasteiger charge is 2.21. The largest absolute Gasteiger partial charge is 0.495 e. The maximum Gasteiger partial charge on any atom is 0.253 e. The number of halogens is 2. The molecule has 0 saturated carbocycles. The molecule has 35 heavy (non-hydrogen) atoms. The first-order chi connectivity index (χ1) is 16.7. The first-order valence-electron chi connectivity index (χ1n) is 10.6. The number of anilines is 1. The minimum atomic E-state index is -0.485. The fourth-order valence-electron chi connectivity index (χ4n) is 3.28. The Morgan fingerprint density at radius 3 is 2.69 bits per heavy atom. The summed E-state index contributed by atoms with van der Waals surface area (Å²) in [6.45, 7) is 7.91. The lowest BCUT2D eigenvalue weighted by atomic mass is 10.2. The number of carbonyl (C=O) groups excluding carboxylic acids is 2. The second-order valence-corrected chi connectivity index (χ2v) is 9.39. The molecule has 0 bridgehead atoms. The molecule has 0 spiro atoms. The van der Waals surface area contributed by atoms with Crippen molar-refractivity contribution in [2.24, 2.45) is 0 Å². The summed E-state index contributed by atoms with van der Waals surface area (Å²) in [6, 6.07) is 9.73. The molecule has 0 aliphatic carbocycles. The van der Waals surface area contributed by atoms with Crippen molar-refractivity contribution >= 4 is 52.5 Å². The van der Waals surface area contributed by atoms with Gasteiger partial charge in [0.1, 0.15) is 5.75 Å². The Labute approximate surface area is 218 Å². The van der Waals surface area contributed by atoms with Gasteiger partial charge in [-0.1, -0.05) is 47.1 Å². The fraction of sp³-hybridized carbons (Fsp3) is 0.250. The molecule has 1 heterocycles. The van der Waals surface area contributed by atoms with Crippen molar-refractivity contribution in [3.05, 3.63) is 76.0 Å². The van der Waals surface area contributed by atoms with Crippen LogP contribution >= 0.6 is 35.0 Å². The van der Waals surface area contributed by atoms with Crippen molar-refractivity contribution in [2.45, 2.75) is 31.6 Å². The minimum absolute atomic E-state index is 0.105. The van der Waals surface area contributed by atoms with Crippen LogP contribution in [0.5, 0.6) is 5.75 Å². The average molecular weight is 534 g/mol. The van der Waals surface area contributed by atoms with E-state index >= 15 is 0 Å². The van der Waals surface area contributed by atoms with Gasteiger partial charge < -0.3 is 19.9 Å². The quantitative estimate of drug-likeness (QED) is 0.270. The van der Waals surface area contributed by atoms with Crippen LogP contribution < -0.4 is 15.4 Å². The topological polar surface area (TPSA) is 98.1 Å². The van der Waals surface area contributed by atoms with Gasteiger partial charge in [0.2, 0.25) is 5.91 Å². The fourth-order valence-corrected chi connectivity index (χ4v) is 4.53. The molecule has 11 heteroatoms. The Bertz CT molecular complexity index is 1250. The summed E-state index contributed by atoms with van der Waals surface area (Å²) in [7, 11) is 1.55. The zero-order valence-electron chi connectivity index (χ0n) is 19.5. The Morgan fingerprint density at radius 2 is 2.00 bits per heavy atom.